The Morgan fingerprint density at radius 3 is 2.61 bits per heavy atom. The van der Waals surface area contributed by atoms with Crippen molar-refractivity contribution in [3.8, 4) is 0 Å². The number of hydrogen-bond acceptors (Lipinski definition) is 3. The molecule has 2 N–H and O–H groups in total. The Hall–Kier alpha value is -0.870. The average molecular weight is 326 g/mol. The highest BCUT2D eigenvalue weighted by Crippen LogP contribution is 2.31. The smallest absolute Gasteiger partial charge is 0.306 e. The molecule has 1 aliphatic heterocycles. The molecule has 0 amide bonds. The molecule has 4 heteroatoms. The third-order valence-electron chi connectivity index (χ3n) is 4.56. The van der Waals surface area contributed by atoms with Crippen molar-refractivity contribution in [2.75, 3.05) is 0 Å². The predicted molar refractivity (Wildman–Crippen MR) is 92.5 cm³/mol. The Kier molecular flexibility index (Phi) is 10.2. The minimum Gasteiger partial charge on any atom is -0.481 e. The Morgan fingerprint density at radius 1 is 1.17 bits per heavy atom. The fraction of sp³-hybridized carbons (Fsp3) is 0.842. The zero-order valence-corrected chi connectivity index (χ0v) is 14.7. The van der Waals surface area contributed by atoms with Gasteiger partial charge in [-0.15, -0.1) is 0 Å². The van der Waals surface area contributed by atoms with Gasteiger partial charge in [0.05, 0.1) is 12.0 Å². The number of carbonyl (C=O) groups is 1. The number of rotatable bonds is 14. The molecule has 23 heavy (non-hydrogen) atoms. The fourth-order valence-corrected chi connectivity index (χ4v) is 2.82. The Labute approximate surface area is 140 Å². The summed E-state index contributed by atoms with van der Waals surface area (Å²) in [6, 6.07) is 0. The summed E-state index contributed by atoms with van der Waals surface area (Å²) in [5.41, 5.74) is 0. The minimum absolute atomic E-state index is 0.00976. The number of carboxylic acids is 1. The van der Waals surface area contributed by atoms with E-state index in [-0.39, 0.29) is 18.1 Å². The summed E-state index contributed by atoms with van der Waals surface area (Å²) >= 11 is 0. The van der Waals surface area contributed by atoms with Crippen molar-refractivity contribution in [3.63, 3.8) is 0 Å². The highest BCUT2D eigenvalue weighted by Gasteiger charge is 2.42. The standard InChI is InChI=1S/C19H34O4/c1-3-4-5-6-10-13-16(20)18-17(23-18)14-11-8-7-9-12-15(2)19(21)22/h10,13,15-18,20H,3-9,11-12,14H2,1-2H3,(H,21,22)/b13-10-. The van der Waals surface area contributed by atoms with Gasteiger partial charge in [-0.05, 0) is 25.7 Å². The molecule has 1 aliphatic rings. The van der Waals surface area contributed by atoms with E-state index in [0.717, 1.165) is 44.9 Å². The van der Waals surface area contributed by atoms with Crippen molar-refractivity contribution >= 4 is 5.97 Å². The monoisotopic (exact) mass is 326 g/mol. The first-order chi connectivity index (χ1) is 11.1. The van der Waals surface area contributed by atoms with Gasteiger partial charge in [-0.2, -0.15) is 0 Å². The summed E-state index contributed by atoms with van der Waals surface area (Å²) < 4.78 is 5.55. The largest absolute Gasteiger partial charge is 0.481 e. The SMILES string of the molecule is CCCCC/C=C\C(O)C1OC1CCCCCCC(C)C(=O)O. The predicted octanol–water partition coefficient (Wildman–Crippen LogP) is 4.31. The molecule has 4 atom stereocenters. The van der Waals surface area contributed by atoms with Crippen LogP contribution in [0.3, 0.4) is 0 Å². The second kappa shape index (κ2) is 11.6. The number of carboxylic acid groups (broad SMARTS) is 1. The van der Waals surface area contributed by atoms with Gasteiger partial charge in [0, 0.05) is 0 Å². The molecule has 0 aromatic rings. The number of allylic oxidation sites excluding steroid dienone is 1. The third kappa shape index (κ3) is 9.11. The number of unbranched alkanes of at least 4 members (excludes halogenated alkanes) is 6. The molecule has 0 bridgehead atoms. The normalized spacial score (nSPS) is 23.1. The van der Waals surface area contributed by atoms with E-state index in [0.29, 0.717) is 0 Å². The zero-order valence-electron chi connectivity index (χ0n) is 14.7. The van der Waals surface area contributed by atoms with E-state index >= 15 is 0 Å². The van der Waals surface area contributed by atoms with E-state index in [9.17, 15) is 9.90 Å². The lowest BCUT2D eigenvalue weighted by Gasteiger charge is -2.05. The molecule has 4 unspecified atom stereocenters. The van der Waals surface area contributed by atoms with Crippen molar-refractivity contribution in [1.82, 2.24) is 0 Å². The van der Waals surface area contributed by atoms with E-state index in [2.05, 4.69) is 13.0 Å². The van der Waals surface area contributed by atoms with E-state index in [1.807, 2.05) is 6.08 Å². The summed E-state index contributed by atoms with van der Waals surface area (Å²) in [6.45, 7) is 3.95. The number of aliphatic carboxylic acids is 1. The van der Waals surface area contributed by atoms with Gasteiger partial charge in [0.25, 0.3) is 0 Å². The Bertz CT molecular complexity index is 353. The van der Waals surface area contributed by atoms with Crippen LogP contribution in [0.25, 0.3) is 0 Å². The quantitative estimate of drug-likeness (QED) is 0.283. The first-order valence-electron chi connectivity index (χ1n) is 9.29. The summed E-state index contributed by atoms with van der Waals surface area (Å²) in [6.07, 6.45) is 14.4. The van der Waals surface area contributed by atoms with Crippen LogP contribution in [0.1, 0.15) is 78.1 Å². The second-order valence-electron chi connectivity index (χ2n) is 6.78. The van der Waals surface area contributed by atoms with Crippen molar-refractivity contribution in [3.05, 3.63) is 12.2 Å². The zero-order chi connectivity index (χ0) is 17.1. The van der Waals surface area contributed by atoms with E-state index in [1.165, 1.54) is 19.3 Å². The van der Waals surface area contributed by atoms with Gasteiger partial charge in [-0.1, -0.05) is 64.5 Å². The van der Waals surface area contributed by atoms with E-state index in [4.69, 9.17) is 9.84 Å². The van der Waals surface area contributed by atoms with Gasteiger partial charge >= 0.3 is 5.97 Å². The lowest BCUT2D eigenvalue weighted by molar-refractivity contribution is -0.141. The molecule has 4 nitrogen and oxygen atoms in total. The van der Waals surface area contributed by atoms with Gasteiger partial charge in [0.15, 0.2) is 0 Å². The second-order valence-corrected chi connectivity index (χ2v) is 6.78. The molecule has 1 rings (SSSR count). The fourth-order valence-electron chi connectivity index (χ4n) is 2.82. The number of aliphatic hydroxyl groups is 1. The van der Waals surface area contributed by atoms with Crippen LogP contribution in [0.5, 0.6) is 0 Å². The van der Waals surface area contributed by atoms with Gasteiger partial charge in [-0.3, -0.25) is 4.79 Å². The average Bonchev–Trinajstić information content (AvgIpc) is 3.29. The summed E-state index contributed by atoms with van der Waals surface area (Å²) in [4.78, 5) is 10.7. The van der Waals surface area contributed by atoms with Crippen LogP contribution < -0.4 is 0 Å². The topological polar surface area (TPSA) is 70.1 Å². The Balaban J connectivity index is 1.97. The highest BCUT2D eigenvalue weighted by molar-refractivity contribution is 5.69. The Morgan fingerprint density at radius 2 is 1.91 bits per heavy atom. The van der Waals surface area contributed by atoms with Crippen molar-refractivity contribution in [1.29, 1.82) is 0 Å². The molecule has 1 heterocycles. The summed E-state index contributed by atoms with van der Waals surface area (Å²) in [7, 11) is 0. The number of aliphatic hydroxyl groups excluding tert-OH is 1. The van der Waals surface area contributed by atoms with E-state index in [1.54, 1.807) is 6.92 Å². The molecule has 0 aromatic heterocycles. The lowest BCUT2D eigenvalue weighted by atomic mass is 10.0. The number of hydrogen-bond donors (Lipinski definition) is 2. The van der Waals surface area contributed by atoms with Gasteiger partial charge in [-0.25, -0.2) is 0 Å². The van der Waals surface area contributed by atoms with Crippen molar-refractivity contribution in [2.45, 2.75) is 96.4 Å². The molecule has 1 fully saturated rings. The molecule has 0 radical (unpaired) electrons. The number of ether oxygens (including phenoxy) is 1. The van der Waals surface area contributed by atoms with Crippen molar-refractivity contribution < 1.29 is 19.7 Å². The summed E-state index contributed by atoms with van der Waals surface area (Å²) in [5, 5.41) is 18.8. The molecule has 0 saturated carbocycles. The molecular formula is C19H34O4. The first-order valence-corrected chi connectivity index (χ1v) is 9.29. The maximum atomic E-state index is 10.7. The maximum absolute atomic E-state index is 10.7. The van der Waals surface area contributed by atoms with Crippen LogP contribution in [0.15, 0.2) is 12.2 Å². The molecule has 0 aliphatic carbocycles. The van der Waals surface area contributed by atoms with Crippen LogP contribution in [0.4, 0.5) is 0 Å². The molecule has 0 aromatic carbocycles. The maximum Gasteiger partial charge on any atom is 0.306 e. The van der Waals surface area contributed by atoms with Crippen LogP contribution >= 0.6 is 0 Å². The lowest BCUT2D eigenvalue weighted by Crippen LogP contribution is -2.13. The van der Waals surface area contributed by atoms with E-state index < -0.39 is 12.1 Å². The molecule has 134 valence electrons. The van der Waals surface area contributed by atoms with Gasteiger partial charge < -0.3 is 14.9 Å². The van der Waals surface area contributed by atoms with Gasteiger partial charge in [0.2, 0.25) is 0 Å². The first kappa shape index (κ1) is 20.2. The van der Waals surface area contributed by atoms with Crippen molar-refractivity contribution in [2.24, 2.45) is 5.92 Å². The highest BCUT2D eigenvalue weighted by atomic mass is 16.6. The minimum atomic E-state index is -0.698. The third-order valence-corrected chi connectivity index (χ3v) is 4.56. The van der Waals surface area contributed by atoms with Gasteiger partial charge in [0.1, 0.15) is 12.2 Å². The van der Waals surface area contributed by atoms with Crippen LogP contribution in [0, 0.1) is 5.92 Å². The molecular weight excluding hydrogens is 292 g/mol. The van der Waals surface area contributed by atoms with Crippen LogP contribution in [-0.4, -0.2) is 34.5 Å². The summed E-state index contributed by atoms with van der Waals surface area (Å²) in [5.74, 6) is -0.929. The molecule has 0 spiro atoms. The van der Waals surface area contributed by atoms with Crippen LogP contribution in [-0.2, 0) is 9.53 Å². The van der Waals surface area contributed by atoms with Crippen LogP contribution in [0.2, 0.25) is 0 Å². The number of epoxide rings is 1. The molecule has 1 saturated heterocycles.